The van der Waals surface area contributed by atoms with Crippen LogP contribution < -0.4 is 0 Å². The lowest BCUT2D eigenvalue weighted by Crippen LogP contribution is -2.62. The molecule has 1 spiro atoms. The number of likely N-dealkylation sites (tertiary alicyclic amines) is 2. The van der Waals surface area contributed by atoms with Crippen LogP contribution in [0.5, 0.6) is 0 Å². The molecule has 0 aliphatic carbocycles. The number of carbonyl (C=O) groups excluding carboxylic acids is 1. The van der Waals surface area contributed by atoms with Crippen molar-refractivity contribution in [2.45, 2.75) is 32.9 Å². The second-order valence-corrected chi connectivity index (χ2v) is 8.81. The molecule has 8 nitrogen and oxygen atoms in total. The van der Waals surface area contributed by atoms with Crippen molar-refractivity contribution in [1.29, 1.82) is 0 Å². The summed E-state index contributed by atoms with van der Waals surface area (Å²) in [5, 5.41) is 11.7. The molecule has 5 rings (SSSR count). The van der Waals surface area contributed by atoms with Gasteiger partial charge in [-0.15, -0.1) is 0 Å². The van der Waals surface area contributed by atoms with Crippen LogP contribution in [0.2, 0.25) is 0 Å². The van der Waals surface area contributed by atoms with Crippen molar-refractivity contribution in [1.82, 2.24) is 34.8 Å². The highest BCUT2D eigenvalue weighted by molar-refractivity contribution is 5.77. The predicted octanol–water partition coefficient (Wildman–Crippen LogP) is 1.75. The van der Waals surface area contributed by atoms with E-state index in [1.165, 1.54) is 5.56 Å². The summed E-state index contributed by atoms with van der Waals surface area (Å²) in [5.74, 6) is 2.05. The third-order valence-corrected chi connectivity index (χ3v) is 6.32. The highest BCUT2D eigenvalue weighted by Crippen LogP contribution is 2.48. The fraction of sp³-hybridized carbons (Fsp3) is 0.455. The molecule has 2 fully saturated rings. The van der Waals surface area contributed by atoms with Gasteiger partial charge in [0.25, 0.3) is 0 Å². The van der Waals surface area contributed by atoms with Crippen LogP contribution in [-0.4, -0.2) is 66.8 Å². The molecule has 1 aromatic carbocycles. The number of benzene rings is 1. The molecule has 8 heteroatoms. The number of amides is 1. The first-order valence-electron chi connectivity index (χ1n) is 10.4. The van der Waals surface area contributed by atoms with Gasteiger partial charge in [-0.3, -0.25) is 19.5 Å². The summed E-state index contributed by atoms with van der Waals surface area (Å²) in [6.07, 6.45) is 3.69. The minimum absolute atomic E-state index is 0.0130. The topological polar surface area (TPSA) is 82.9 Å². The van der Waals surface area contributed by atoms with Crippen molar-refractivity contribution in [3.63, 3.8) is 0 Å². The van der Waals surface area contributed by atoms with Crippen LogP contribution in [0.3, 0.4) is 0 Å². The Labute approximate surface area is 175 Å². The van der Waals surface area contributed by atoms with E-state index in [1.54, 1.807) is 10.9 Å². The first-order valence-corrected chi connectivity index (χ1v) is 10.4. The fourth-order valence-electron chi connectivity index (χ4n) is 4.91. The van der Waals surface area contributed by atoms with Crippen molar-refractivity contribution < 1.29 is 4.79 Å². The number of hydrogen-bond acceptors (Lipinski definition) is 5. The first-order chi connectivity index (χ1) is 14.5. The maximum Gasteiger partial charge on any atom is 0.244 e. The summed E-state index contributed by atoms with van der Waals surface area (Å²) < 4.78 is 1.72. The molecule has 1 amide bonds. The number of H-pyrrole nitrogens is 1. The predicted molar refractivity (Wildman–Crippen MR) is 112 cm³/mol. The van der Waals surface area contributed by atoms with Gasteiger partial charge in [0.15, 0.2) is 5.82 Å². The minimum Gasteiger partial charge on any atom is -0.340 e. The van der Waals surface area contributed by atoms with E-state index in [0.29, 0.717) is 6.54 Å². The van der Waals surface area contributed by atoms with Gasteiger partial charge in [-0.2, -0.15) is 10.2 Å². The summed E-state index contributed by atoms with van der Waals surface area (Å²) in [5.41, 5.74) is 2.38. The Bertz CT molecular complexity index is 1030. The number of aryl methyl sites for hydroxylation is 2. The molecule has 156 valence electrons. The van der Waals surface area contributed by atoms with Crippen molar-refractivity contribution in [2.75, 3.05) is 26.2 Å². The normalized spacial score (nSPS) is 20.6. The van der Waals surface area contributed by atoms with Crippen molar-refractivity contribution in [3.05, 3.63) is 65.5 Å². The van der Waals surface area contributed by atoms with Gasteiger partial charge in [-0.1, -0.05) is 30.3 Å². The lowest BCUT2D eigenvalue weighted by atomic mass is 9.71. The van der Waals surface area contributed by atoms with Crippen LogP contribution in [0.4, 0.5) is 0 Å². The van der Waals surface area contributed by atoms with Crippen LogP contribution in [-0.2, 0) is 17.9 Å². The summed E-state index contributed by atoms with van der Waals surface area (Å²) in [7, 11) is 0. The molecule has 0 bridgehead atoms. The third kappa shape index (κ3) is 3.52. The molecule has 2 saturated heterocycles. The van der Waals surface area contributed by atoms with Gasteiger partial charge >= 0.3 is 0 Å². The van der Waals surface area contributed by atoms with Crippen molar-refractivity contribution >= 4 is 5.91 Å². The molecule has 2 aliphatic heterocycles. The lowest BCUT2D eigenvalue weighted by Gasteiger charge is -2.50. The smallest absolute Gasteiger partial charge is 0.244 e. The van der Waals surface area contributed by atoms with Gasteiger partial charge in [0.05, 0.1) is 6.20 Å². The van der Waals surface area contributed by atoms with Crippen LogP contribution in [0.15, 0.2) is 42.7 Å². The zero-order chi connectivity index (χ0) is 20.7. The standard InChI is InChI=1S/C22H27N7O/c1-16-8-23-29(9-16)12-20(30)28-14-22(15-28)13-27(10-18-6-4-3-5-7-18)11-19(22)21-24-17(2)25-26-21/h3-9,19H,10-15H2,1-2H3,(H,24,25,26). The number of aromatic amines is 1. The fourth-order valence-corrected chi connectivity index (χ4v) is 4.91. The molecule has 4 heterocycles. The molecule has 1 atom stereocenters. The van der Waals surface area contributed by atoms with Gasteiger partial charge < -0.3 is 4.90 Å². The Kier molecular flexibility index (Phi) is 4.66. The SMILES string of the molecule is Cc1cnn(CC(=O)N2CC3(CN(Cc4ccccc4)CC3c3n[nH]c(C)n3)C2)c1. The Morgan fingerprint density at radius 1 is 1.20 bits per heavy atom. The molecular weight excluding hydrogens is 378 g/mol. The largest absolute Gasteiger partial charge is 0.340 e. The Hall–Kier alpha value is -3.00. The quantitative estimate of drug-likeness (QED) is 0.699. The highest BCUT2D eigenvalue weighted by atomic mass is 16.2. The molecule has 3 aromatic rings. The van der Waals surface area contributed by atoms with Gasteiger partial charge in [-0.05, 0) is 25.0 Å². The van der Waals surface area contributed by atoms with Gasteiger partial charge in [-0.25, -0.2) is 4.98 Å². The molecule has 2 aromatic heterocycles. The average Bonchev–Trinajstić information content (AvgIpc) is 3.40. The number of rotatable bonds is 5. The Morgan fingerprint density at radius 3 is 2.67 bits per heavy atom. The van der Waals surface area contributed by atoms with E-state index >= 15 is 0 Å². The summed E-state index contributed by atoms with van der Waals surface area (Å²) in [6.45, 7) is 8.46. The van der Waals surface area contributed by atoms with E-state index in [2.05, 4.69) is 49.4 Å². The van der Waals surface area contributed by atoms with E-state index in [4.69, 9.17) is 0 Å². The zero-order valence-corrected chi connectivity index (χ0v) is 17.5. The molecule has 1 unspecified atom stereocenters. The number of aromatic nitrogens is 5. The van der Waals surface area contributed by atoms with E-state index in [1.807, 2.05) is 31.0 Å². The Balaban J connectivity index is 1.31. The highest BCUT2D eigenvalue weighted by Gasteiger charge is 2.56. The summed E-state index contributed by atoms with van der Waals surface area (Å²) >= 11 is 0. The summed E-state index contributed by atoms with van der Waals surface area (Å²) in [4.78, 5) is 21.8. The monoisotopic (exact) mass is 405 g/mol. The van der Waals surface area contributed by atoms with Crippen LogP contribution in [0, 0.1) is 19.3 Å². The van der Waals surface area contributed by atoms with Gasteiger partial charge in [0, 0.05) is 50.3 Å². The van der Waals surface area contributed by atoms with E-state index in [-0.39, 0.29) is 17.2 Å². The third-order valence-electron chi connectivity index (χ3n) is 6.32. The van der Waals surface area contributed by atoms with Gasteiger partial charge in [0.1, 0.15) is 12.4 Å². The second kappa shape index (κ2) is 7.36. The molecule has 0 radical (unpaired) electrons. The number of hydrogen-bond donors (Lipinski definition) is 1. The number of nitrogens with zero attached hydrogens (tertiary/aromatic N) is 6. The van der Waals surface area contributed by atoms with Crippen molar-refractivity contribution in [3.8, 4) is 0 Å². The maximum absolute atomic E-state index is 12.8. The number of carbonyl (C=O) groups is 1. The number of nitrogens with one attached hydrogen (secondary N) is 1. The van der Waals surface area contributed by atoms with Crippen molar-refractivity contribution in [2.24, 2.45) is 5.41 Å². The first kappa shape index (κ1) is 19.0. The molecular formula is C22H27N7O. The molecule has 1 N–H and O–H groups in total. The molecule has 2 aliphatic rings. The minimum atomic E-state index is 0.0130. The van der Waals surface area contributed by atoms with Gasteiger partial charge in [0.2, 0.25) is 5.91 Å². The second-order valence-electron chi connectivity index (χ2n) is 8.81. The zero-order valence-electron chi connectivity index (χ0n) is 17.5. The molecule has 30 heavy (non-hydrogen) atoms. The van der Waals surface area contributed by atoms with E-state index in [0.717, 1.165) is 49.9 Å². The summed E-state index contributed by atoms with van der Waals surface area (Å²) in [6, 6.07) is 10.5. The average molecular weight is 406 g/mol. The Morgan fingerprint density at radius 2 is 2.00 bits per heavy atom. The van der Waals surface area contributed by atoms with E-state index in [9.17, 15) is 4.79 Å². The maximum atomic E-state index is 12.8. The van der Waals surface area contributed by atoms with Crippen LogP contribution in [0.25, 0.3) is 0 Å². The lowest BCUT2D eigenvalue weighted by molar-refractivity contribution is -0.144. The van der Waals surface area contributed by atoms with Crippen LogP contribution >= 0.6 is 0 Å². The molecule has 0 saturated carbocycles. The van der Waals surface area contributed by atoms with Crippen LogP contribution in [0.1, 0.15) is 28.7 Å². The van der Waals surface area contributed by atoms with E-state index < -0.39 is 0 Å².